The highest BCUT2D eigenvalue weighted by molar-refractivity contribution is 5.95. The molecule has 0 fully saturated rings. The molecule has 0 spiro atoms. The number of hydrogen-bond acceptors (Lipinski definition) is 5. The summed E-state index contributed by atoms with van der Waals surface area (Å²) in [6.45, 7) is 0.302. The van der Waals surface area contributed by atoms with Crippen LogP contribution < -0.4 is 16.3 Å². The number of hydrogen-bond donors (Lipinski definition) is 2. The lowest BCUT2D eigenvalue weighted by Gasteiger charge is -2.22. The third kappa shape index (κ3) is 3.30. The number of nitrogens with two attached hydrogens (primary N) is 1. The zero-order chi connectivity index (χ0) is 13.7. The van der Waals surface area contributed by atoms with Crippen LogP contribution in [0.2, 0.25) is 0 Å². The van der Waals surface area contributed by atoms with E-state index in [0.29, 0.717) is 13.0 Å². The molecule has 19 heavy (non-hydrogen) atoms. The topological polar surface area (TPSA) is 84.7 Å². The lowest BCUT2D eigenvalue weighted by Crippen LogP contribution is -2.34. The van der Waals surface area contributed by atoms with E-state index in [-0.39, 0.29) is 12.3 Å². The SMILES string of the molecule is NNOC(=O)CCN1C(=O)CCCc2ccccc21. The molecular weight excluding hydrogens is 246 g/mol. The third-order valence-corrected chi connectivity index (χ3v) is 3.13. The van der Waals surface area contributed by atoms with Crippen molar-refractivity contribution in [3.63, 3.8) is 0 Å². The molecule has 0 saturated heterocycles. The molecule has 1 aromatic rings. The van der Waals surface area contributed by atoms with E-state index in [1.54, 1.807) is 4.90 Å². The van der Waals surface area contributed by atoms with Crippen molar-refractivity contribution >= 4 is 17.6 Å². The summed E-state index contributed by atoms with van der Waals surface area (Å²) in [6.07, 6.45) is 2.32. The van der Waals surface area contributed by atoms with Crippen LogP contribution in [-0.2, 0) is 20.8 Å². The molecule has 1 aliphatic rings. The molecule has 0 radical (unpaired) electrons. The van der Waals surface area contributed by atoms with Crippen LogP contribution in [0.25, 0.3) is 0 Å². The Balaban J connectivity index is 2.12. The largest absolute Gasteiger partial charge is 0.356 e. The fourth-order valence-electron chi connectivity index (χ4n) is 2.25. The summed E-state index contributed by atoms with van der Waals surface area (Å²) < 4.78 is 0. The number of fused-ring (bicyclic) bond motifs is 1. The summed E-state index contributed by atoms with van der Waals surface area (Å²) in [5.74, 6) is 4.44. The smallest absolute Gasteiger partial charge is 0.328 e. The fourth-order valence-corrected chi connectivity index (χ4v) is 2.25. The summed E-state index contributed by atoms with van der Waals surface area (Å²) in [5, 5.41) is 0. The van der Waals surface area contributed by atoms with Crippen molar-refractivity contribution in [1.29, 1.82) is 0 Å². The predicted molar refractivity (Wildman–Crippen MR) is 69.8 cm³/mol. The number of nitrogens with zero attached hydrogens (tertiary/aromatic N) is 1. The molecule has 3 N–H and O–H groups in total. The second kappa shape index (κ2) is 6.31. The minimum Gasteiger partial charge on any atom is -0.356 e. The summed E-state index contributed by atoms with van der Waals surface area (Å²) in [6, 6.07) is 7.77. The van der Waals surface area contributed by atoms with E-state index >= 15 is 0 Å². The number of para-hydroxylation sites is 1. The molecule has 0 aromatic heterocycles. The predicted octanol–water partition coefficient (Wildman–Crippen LogP) is 0.667. The molecule has 6 nitrogen and oxygen atoms in total. The first-order valence-electron chi connectivity index (χ1n) is 6.26. The lowest BCUT2D eigenvalue weighted by atomic mass is 10.1. The van der Waals surface area contributed by atoms with Crippen LogP contribution in [0.1, 0.15) is 24.8 Å². The van der Waals surface area contributed by atoms with Crippen molar-refractivity contribution in [3.05, 3.63) is 29.8 Å². The van der Waals surface area contributed by atoms with Gasteiger partial charge in [-0.05, 0) is 24.5 Å². The summed E-state index contributed by atoms with van der Waals surface area (Å²) >= 11 is 0. The number of benzene rings is 1. The highest BCUT2D eigenvalue weighted by Crippen LogP contribution is 2.26. The third-order valence-electron chi connectivity index (χ3n) is 3.13. The Labute approximate surface area is 111 Å². The average molecular weight is 263 g/mol. The zero-order valence-corrected chi connectivity index (χ0v) is 10.6. The van der Waals surface area contributed by atoms with Crippen LogP contribution in [0, 0.1) is 0 Å². The number of aryl methyl sites for hydroxylation is 1. The molecule has 102 valence electrons. The number of carbonyl (C=O) groups excluding carboxylic acids is 2. The Bertz CT molecular complexity index is 476. The van der Waals surface area contributed by atoms with Crippen molar-refractivity contribution in [1.82, 2.24) is 5.59 Å². The van der Waals surface area contributed by atoms with Gasteiger partial charge in [0.2, 0.25) is 5.91 Å². The van der Waals surface area contributed by atoms with Crippen LogP contribution in [0.5, 0.6) is 0 Å². The quantitative estimate of drug-likeness (QED) is 0.616. The van der Waals surface area contributed by atoms with Gasteiger partial charge in [-0.3, -0.25) is 9.59 Å². The highest BCUT2D eigenvalue weighted by atomic mass is 16.7. The standard InChI is InChI=1S/C13H17N3O3/c14-15-19-13(18)8-9-16-11-6-2-1-4-10(11)5-3-7-12(16)17/h1-2,4,6,15H,3,5,7-9,14H2. The Morgan fingerprint density at radius 3 is 2.95 bits per heavy atom. The number of nitrogens with one attached hydrogen (secondary N) is 1. The molecule has 1 aromatic carbocycles. The van der Waals surface area contributed by atoms with Crippen molar-refractivity contribution in [2.24, 2.45) is 5.84 Å². The van der Waals surface area contributed by atoms with Gasteiger partial charge >= 0.3 is 5.97 Å². The maximum absolute atomic E-state index is 12.1. The molecule has 0 aliphatic carbocycles. The van der Waals surface area contributed by atoms with E-state index in [4.69, 9.17) is 5.84 Å². The van der Waals surface area contributed by atoms with E-state index < -0.39 is 5.97 Å². The lowest BCUT2D eigenvalue weighted by molar-refractivity contribution is -0.151. The first kappa shape index (κ1) is 13.5. The van der Waals surface area contributed by atoms with Crippen LogP contribution in [0.3, 0.4) is 0 Å². The van der Waals surface area contributed by atoms with Gasteiger partial charge in [0.25, 0.3) is 0 Å². The first-order chi connectivity index (χ1) is 9.22. The van der Waals surface area contributed by atoms with E-state index in [1.807, 2.05) is 29.9 Å². The minimum atomic E-state index is -0.489. The minimum absolute atomic E-state index is 0.0402. The molecule has 2 rings (SSSR count). The van der Waals surface area contributed by atoms with Crippen LogP contribution in [0.15, 0.2) is 24.3 Å². The van der Waals surface area contributed by atoms with Gasteiger partial charge in [0.05, 0.1) is 6.42 Å². The molecule has 1 aliphatic heterocycles. The molecule has 1 heterocycles. The Morgan fingerprint density at radius 1 is 1.37 bits per heavy atom. The van der Waals surface area contributed by atoms with Gasteiger partial charge in [-0.2, -0.15) is 0 Å². The number of anilines is 1. The molecule has 0 saturated carbocycles. The van der Waals surface area contributed by atoms with Crippen molar-refractivity contribution in [2.75, 3.05) is 11.4 Å². The molecule has 0 bridgehead atoms. The van der Waals surface area contributed by atoms with E-state index in [9.17, 15) is 9.59 Å². The summed E-state index contributed by atoms with van der Waals surface area (Å²) in [5.41, 5.74) is 3.87. The second-order valence-corrected chi connectivity index (χ2v) is 4.37. The van der Waals surface area contributed by atoms with E-state index in [1.165, 1.54) is 0 Å². The Kier molecular flexibility index (Phi) is 4.48. The molecule has 0 atom stereocenters. The van der Waals surface area contributed by atoms with E-state index in [2.05, 4.69) is 4.84 Å². The maximum atomic E-state index is 12.1. The molecule has 0 unspecified atom stereocenters. The van der Waals surface area contributed by atoms with Gasteiger partial charge < -0.3 is 9.74 Å². The monoisotopic (exact) mass is 263 g/mol. The highest BCUT2D eigenvalue weighted by Gasteiger charge is 2.22. The first-order valence-corrected chi connectivity index (χ1v) is 6.26. The van der Waals surface area contributed by atoms with Crippen LogP contribution in [0.4, 0.5) is 5.69 Å². The molecule has 1 amide bonds. The summed E-state index contributed by atoms with van der Waals surface area (Å²) in [4.78, 5) is 29.5. The fraction of sp³-hybridized carbons (Fsp3) is 0.385. The van der Waals surface area contributed by atoms with Crippen LogP contribution in [-0.4, -0.2) is 18.4 Å². The molecular formula is C13H17N3O3. The van der Waals surface area contributed by atoms with Crippen molar-refractivity contribution < 1.29 is 14.4 Å². The zero-order valence-electron chi connectivity index (χ0n) is 10.6. The maximum Gasteiger partial charge on any atom is 0.328 e. The van der Waals surface area contributed by atoms with Gasteiger partial charge in [-0.25, -0.2) is 5.84 Å². The van der Waals surface area contributed by atoms with Gasteiger partial charge in [0.15, 0.2) is 0 Å². The number of amides is 1. The van der Waals surface area contributed by atoms with Crippen molar-refractivity contribution in [2.45, 2.75) is 25.7 Å². The summed E-state index contributed by atoms with van der Waals surface area (Å²) in [7, 11) is 0. The molecule has 6 heteroatoms. The second-order valence-electron chi connectivity index (χ2n) is 4.37. The van der Waals surface area contributed by atoms with Gasteiger partial charge in [0.1, 0.15) is 0 Å². The van der Waals surface area contributed by atoms with E-state index in [0.717, 1.165) is 24.1 Å². The average Bonchev–Trinajstić information content (AvgIpc) is 2.55. The Hall–Kier alpha value is -1.92. The van der Waals surface area contributed by atoms with Gasteiger partial charge in [-0.15, -0.1) is 0 Å². The number of hydrazine groups is 1. The van der Waals surface area contributed by atoms with Crippen molar-refractivity contribution in [3.8, 4) is 0 Å². The van der Waals surface area contributed by atoms with Gasteiger partial charge in [0, 0.05) is 18.7 Å². The number of carbonyl (C=O) groups is 2. The Morgan fingerprint density at radius 2 is 2.16 bits per heavy atom. The van der Waals surface area contributed by atoms with Gasteiger partial charge in [-0.1, -0.05) is 23.8 Å². The normalized spacial score (nSPS) is 14.8. The van der Waals surface area contributed by atoms with Crippen LogP contribution >= 0.6 is 0 Å². The number of rotatable bonds is 4.